The second-order valence-corrected chi connectivity index (χ2v) is 4.06. The first-order chi connectivity index (χ1) is 9.28. The Hall–Kier alpha value is -2.94. The van der Waals surface area contributed by atoms with Gasteiger partial charge in [0.15, 0.2) is 5.65 Å². The van der Waals surface area contributed by atoms with Gasteiger partial charge in [-0.3, -0.25) is 4.57 Å². The molecular formula is C13H10N6. The Morgan fingerprint density at radius 3 is 2.74 bits per heavy atom. The summed E-state index contributed by atoms with van der Waals surface area (Å²) in [6, 6.07) is 11.9. The van der Waals surface area contributed by atoms with Gasteiger partial charge in [0, 0.05) is 0 Å². The molecule has 0 bridgehead atoms. The molecule has 0 unspecified atom stereocenters. The fraction of sp³-hybridized carbons (Fsp3) is 0.0769. The number of aromatic nitrogens is 4. The molecule has 0 fully saturated rings. The molecule has 6 nitrogen and oxygen atoms in total. The molecule has 0 aliphatic heterocycles. The van der Waals surface area contributed by atoms with E-state index in [9.17, 15) is 0 Å². The van der Waals surface area contributed by atoms with Crippen LogP contribution in [0.3, 0.4) is 0 Å². The molecule has 0 aliphatic rings. The van der Waals surface area contributed by atoms with E-state index in [1.165, 1.54) is 6.20 Å². The first kappa shape index (κ1) is 11.2. The average Bonchev–Trinajstić information content (AvgIpc) is 2.78. The van der Waals surface area contributed by atoms with Crippen LogP contribution in [-0.4, -0.2) is 19.5 Å². The molecule has 3 aromatic rings. The summed E-state index contributed by atoms with van der Waals surface area (Å²) in [5.74, 6) is 0.477. The third-order valence-corrected chi connectivity index (χ3v) is 2.79. The normalized spacial score (nSPS) is 10.5. The number of hydrogen-bond donors (Lipinski definition) is 1. The van der Waals surface area contributed by atoms with Gasteiger partial charge in [-0.25, -0.2) is 9.97 Å². The van der Waals surface area contributed by atoms with E-state index in [1.54, 1.807) is 4.57 Å². The summed E-state index contributed by atoms with van der Waals surface area (Å²) >= 11 is 0. The molecule has 1 aromatic carbocycles. The fourth-order valence-electron chi connectivity index (χ4n) is 1.93. The maximum Gasteiger partial charge on any atom is 0.222 e. The zero-order chi connectivity index (χ0) is 13.2. The van der Waals surface area contributed by atoms with Gasteiger partial charge >= 0.3 is 0 Å². The molecule has 0 atom stereocenters. The zero-order valence-electron chi connectivity index (χ0n) is 9.98. The van der Waals surface area contributed by atoms with Crippen molar-refractivity contribution in [3.8, 4) is 6.07 Å². The predicted octanol–water partition coefficient (Wildman–Crippen LogP) is 1.33. The van der Waals surface area contributed by atoms with Crippen LogP contribution in [-0.2, 0) is 6.54 Å². The summed E-state index contributed by atoms with van der Waals surface area (Å²) in [4.78, 5) is 12.2. The molecule has 92 valence electrons. The third-order valence-electron chi connectivity index (χ3n) is 2.79. The largest absolute Gasteiger partial charge is 0.368 e. The number of hydrogen-bond acceptors (Lipinski definition) is 5. The predicted molar refractivity (Wildman–Crippen MR) is 70.0 cm³/mol. The van der Waals surface area contributed by atoms with Crippen molar-refractivity contribution >= 4 is 17.1 Å². The smallest absolute Gasteiger partial charge is 0.222 e. The number of nitrogens with zero attached hydrogens (tertiary/aromatic N) is 5. The van der Waals surface area contributed by atoms with E-state index in [4.69, 9.17) is 11.0 Å². The molecule has 0 radical (unpaired) electrons. The quantitative estimate of drug-likeness (QED) is 0.740. The van der Waals surface area contributed by atoms with Gasteiger partial charge < -0.3 is 5.73 Å². The summed E-state index contributed by atoms with van der Waals surface area (Å²) in [7, 11) is 0. The van der Waals surface area contributed by atoms with Crippen LogP contribution in [0.4, 0.5) is 5.95 Å². The van der Waals surface area contributed by atoms with Crippen LogP contribution in [0.5, 0.6) is 0 Å². The standard InChI is InChI=1S/C13H10N6/c14-6-11-17-10-7-16-13(15)18-12(10)19(11)8-9-4-2-1-3-5-9/h1-5,7H,8H2,(H2,15,16,18). The van der Waals surface area contributed by atoms with Crippen LogP contribution in [0, 0.1) is 11.3 Å². The van der Waals surface area contributed by atoms with E-state index >= 15 is 0 Å². The van der Waals surface area contributed by atoms with E-state index < -0.39 is 0 Å². The maximum atomic E-state index is 9.15. The van der Waals surface area contributed by atoms with Crippen molar-refractivity contribution in [3.05, 3.63) is 47.9 Å². The maximum absolute atomic E-state index is 9.15. The lowest BCUT2D eigenvalue weighted by Gasteiger charge is -2.05. The number of nitrogens with two attached hydrogens (primary N) is 1. The van der Waals surface area contributed by atoms with Gasteiger partial charge in [0.2, 0.25) is 11.8 Å². The highest BCUT2D eigenvalue weighted by Gasteiger charge is 2.12. The number of benzene rings is 1. The molecule has 3 rings (SSSR count). The van der Waals surface area contributed by atoms with Crippen LogP contribution in [0.25, 0.3) is 11.2 Å². The van der Waals surface area contributed by atoms with E-state index in [0.29, 0.717) is 23.5 Å². The number of nitrogen functional groups attached to an aromatic ring is 1. The van der Waals surface area contributed by atoms with Gasteiger partial charge in [0.25, 0.3) is 0 Å². The summed E-state index contributed by atoms with van der Waals surface area (Å²) < 4.78 is 1.74. The highest BCUT2D eigenvalue weighted by Crippen LogP contribution is 2.15. The minimum atomic E-state index is 0.172. The number of rotatable bonds is 2. The monoisotopic (exact) mass is 250 g/mol. The van der Waals surface area contributed by atoms with E-state index in [2.05, 4.69) is 21.0 Å². The number of nitriles is 1. The molecule has 2 aromatic heterocycles. The zero-order valence-corrected chi connectivity index (χ0v) is 9.98. The minimum absolute atomic E-state index is 0.172. The molecule has 0 spiro atoms. The van der Waals surface area contributed by atoms with Gasteiger partial charge in [0.05, 0.1) is 12.7 Å². The highest BCUT2D eigenvalue weighted by molar-refractivity contribution is 5.72. The van der Waals surface area contributed by atoms with Crippen molar-refractivity contribution in [2.24, 2.45) is 0 Å². The van der Waals surface area contributed by atoms with Gasteiger partial charge in [0.1, 0.15) is 11.6 Å². The van der Waals surface area contributed by atoms with E-state index in [1.807, 2.05) is 30.3 Å². The Balaban J connectivity index is 2.16. The number of imidazole rings is 1. The van der Waals surface area contributed by atoms with Crippen LogP contribution in [0.1, 0.15) is 11.4 Å². The van der Waals surface area contributed by atoms with Gasteiger partial charge in [-0.1, -0.05) is 30.3 Å². The van der Waals surface area contributed by atoms with E-state index in [0.717, 1.165) is 5.56 Å². The lowest BCUT2D eigenvalue weighted by Crippen LogP contribution is -2.04. The summed E-state index contributed by atoms with van der Waals surface area (Å²) in [5, 5.41) is 9.15. The first-order valence-corrected chi connectivity index (χ1v) is 5.70. The Morgan fingerprint density at radius 2 is 2.00 bits per heavy atom. The molecule has 0 aliphatic carbocycles. The van der Waals surface area contributed by atoms with Crippen molar-refractivity contribution in [1.82, 2.24) is 19.5 Å². The first-order valence-electron chi connectivity index (χ1n) is 5.70. The lowest BCUT2D eigenvalue weighted by molar-refractivity contribution is 0.798. The topological polar surface area (TPSA) is 93.4 Å². The second kappa shape index (κ2) is 4.38. The second-order valence-electron chi connectivity index (χ2n) is 4.06. The molecule has 0 saturated carbocycles. The van der Waals surface area contributed by atoms with Gasteiger partial charge in [-0.2, -0.15) is 10.2 Å². The highest BCUT2D eigenvalue weighted by atomic mass is 15.2. The molecule has 19 heavy (non-hydrogen) atoms. The molecule has 0 saturated heterocycles. The fourth-order valence-corrected chi connectivity index (χ4v) is 1.93. The van der Waals surface area contributed by atoms with Crippen molar-refractivity contribution in [2.45, 2.75) is 6.54 Å². The van der Waals surface area contributed by atoms with Crippen molar-refractivity contribution in [1.29, 1.82) is 5.26 Å². The summed E-state index contributed by atoms with van der Waals surface area (Å²) in [6.45, 7) is 0.524. The molecule has 0 amide bonds. The molecule has 2 heterocycles. The van der Waals surface area contributed by atoms with Crippen molar-refractivity contribution in [2.75, 3.05) is 5.73 Å². The number of fused-ring (bicyclic) bond motifs is 1. The average molecular weight is 250 g/mol. The Morgan fingerprint density at radius 1 is 1.21 bits per heavy atom. The summed E-state index contributed by atoms with van der Waals surface area (Å²) in [5.41, 5.74) is 7.80. The Kier molecular flexibility index (Phi) is 2.58. The van der Waals surface area contributed by atoms with E-state index in [-0.39, 0.29) is 5.95 Å². The minimum Gasteiger partial charge on any atom is -0.368 e. The molecular weight excluding hydrogens is 240 g/mol. The Labute approximate surface area is 109 Å². The summed E-state index contributed by atoms with van der Waals surface area (Å²) in [6.07, 6.45) is 1.53. The number of anilines is 1. The SMILES string of the molecule is N#Cc1nc2cnc(N)nc2n1Cc1ccccc1. The van der Waals surface area contributed by atoms with Crippen molar-refractivity contribution < 1.29 is 0 Å². The van der Waals surface area contributed by atoms with Crippen LogP contribution >= 0.6 is 0 Å². The van der Waals surface area contributed by atoms with Crippen LogP contribution in [0.2, 0.25) is 0 Å². The Bertz CT molecular complexity index is 769. The third kappa shape index (κ3) is 1.98. The lowest BCUT2D eigenvalue weighted by atomic mass is 10.2. The molecule has 6 heteroatoms. The van der Waals surface area contributed by atoms with Crippen LogP contribution in [0.15, 0.2) is 36.5 Å². The van der Waals surface area contributed by atoms with Crippen LogP contribution < -0.4 is 5.73 Å². The van der Waals surface area contributed by atoms with Crippen molar-refractivity contribution in [3.63, 3.8) is 0 Å². The van der Waals surface area contributed by atoms with Gasteiger partial charge in [-0.05, 0) is 5.56 Å². The van der Waals surface area contributed by atoms with Gasteiger partial charge in [-0.15, -0.1) is 0 Å². The molecule has 2 N–H and O–H groups in total.